The minimum Gasteiger partial charge on any atom is -0.364 e. The number of fused-ring (bicyclic) bond motifs is 1. The van der Waals surface area contributed by atoms with Gasteiger partial charge in [0.1, 0.15) is 17.3 Å². The molecule has 6 nitrogen and oxygen atoms in total. The summed E-state index contributed by atoms with van der Waals surface area (Å²) in [5.74, 6) is -1.69. The van der Waals surface area contributed by atoms with Gasteiger partial charge in [-0.2, -0.15) is 5.26 Å². The molecule has 1 fully saturated rings. The summed E-state index contributed by atoms with van der Waals surface area (Å²) in [6.45, 7) is 5.93. The monoisotopic (exact) mass is 423 g/mol. The van der Waals surface area contributed by atoms with Gasteiger partial charge in [-0.1, -0.05) is 6.07 Å². The first-order valence-corrected chi connectivity index (χ1v) is 10.1. The molecule has 0 unspecified atom stereocenters. The second-order valence-corrected chi connectivity index (χ2v) is 8.13. The van der Waals surface area contributed by atoms with Gasteiger partial charge >= 0.3 is 0 Å². The third kappa shape index (κ3) is 3.89. The van der Waals surface area contributed by atoms with Gasteiger partial charge in [0.25, 0.3) is 5.56 Å². The van der Waals surface area contributed by atoms with Crippen LogP contribution in [0.25, 0.3) is 11.0 Å². The Morgan fingerprint density at radius 2 is 1.87 bits per heavy atom. The summed E-state index contributed by atoms with van der Waals surface area (Å²) in [7, 11) is 1.69. The summed E-state index contributed by atoms with van der Waals surface area (Å²) in [5, 5.41) is 9.28. The summed E-state index contributed by atoms with van der Waals surface area (Å²) in [4.78, 5) is 21.4. The first kappa shape index (κ1) is 20.9. The van der Waals surface area contributed by atoms with E-state index in [1.165, 1.54) is 10.6 Å². The Morgan fingerprint density at radius 3 is 2.58 bits per heavy atom. The quantitative estimate of drug-likeness (QED) is 0.648. The average Bonchev–Trinajstić information content (AvgIpc) is 2.75. The highest BCUT2D eigenvalue weighted by atomic mass is 19.2. The van der Waals surface area contributed by atoms with Crippen LogP contribution in [0.1, 0.15) is 25.1 Å². The molecule has 1 saturated heterocycles. The van der Waals surface area contributed by atoms with E-state index in [1.54, 1.807) is 31.3 Å². The summed E-state index contributed by atoms with van der Waals surface area (Å²) in [5.41, 5.74) is 2.87. The Morgan fingerprint density at radius 1 is 1.10 bits per heavy atom. The number of pyridine rings is 2. The fourth-order valence-corrected chi connectivity index (χ4v) is 4.22. The molecule has 1 aromatic carbocycles. The Labute approximate surface area is 179 Å². The predicted octanol–water partition coefficient (Wildman–Crippen LogP) is 3.18. The van der Waals surface area contributed by atoms with Crippen molar-refractivity contribution in [2.45, 2.75) is 32.5 Å². The van der Waals surface area contributed by atoms with Gasteiger partial charge in [0.2, 0.25) is 0 Å². The molecule has 4 rings (SSSR count). The molecule has 0 spiro atoms. The normalized spacial score (nSPS) is 19.5. The first-order chi connectivity index (χ1) is 14.8. The number of aryl methyl sites for hydroxylation is 1. The Kier molecular flexibility index (Phi) is 5.46. The molecule has 0 radical (unpaired) electrons. The fraction of sp³-hybridized carbons (Fsp3) is 0.348. The lowest BCUT2D eigenvalue weighted by Crippen LogP contribution is -2.56. The molecule has 2 atom stereocenters. The van der Waals surface area contributed by atoms with Crippen LogP contribution in [0.15, 0.2) is 41.2 Å². The van der Waals surface area contributed by atoms with Crippen LogP contribution in [-0.2, 0) is 13.6 Å². The molecule has 31 heavy (non-hydrogen) atoms. The molecule has 1 aliphatic heterocycles. The van der Waals surface area contributed by atoms with E-state index in [0.717, 1.165) is 6.07 Å². The van der Waals surface area contributed by atoms with Crippen molar-refractivity contribution in [2.75, 3.05) is 18.0 Å². The summed E-state index contributed by atoms with van der Waals surface area (Å²) >= 11 is 0. The number of nitrogens with zero attached hydrogens (tertiary/aromatic N) is 5. The maximum absolute atomic E-state index is 13.6. The van der Waals surface area contributed by atoms with E-state index in [2.05, 4.69) is 34.7 Å². The van der Waals surface area contributed by atoms with Crippen LogP contribution in [0, 0.1) is 23.0 Å². The van der Waals surface area contributed by atoms with Crippen LogP contribution in [0.3, 0.4) is 0 Å². The number of aromatic nitrogens is 2. The van der Waals surface area contributed by atoms with E-state index in [9.17, 15) is 18.8 Å². The van der Waals surface area contributed by atoms with Gasteiger partial charge in [-0.3, -0.25) is 9.69 Å². The Hall–Kier alpha value is -3.31. The van der Waals surface area contributed by atoms with Crippen molar-refractivity contribution in [3.05, 3.63) is 69.6 Å². The first-order valence-electron chi connectivity index (χ1n) is 10.1. The highest BCUT2D eigenvalue weighted by molar-refractivity contribution is 5.89. The van der Waals surface area contributed by atoms with Crippen molar-refractivity contribution in [2.24, 2.45) is 7.05 Å². The van der Waals surface area contributed by atoms with Crippen LogP contribution in [0.4, 0.5) is 14.5 Å². The van der Waals surface area contributed by atoms with Crippen molar-refractivity contribution < 1.29 is 8.78 Å². The number of anilines is 1. The maximum atomic E-state index is 13.6. The molecule has 2 aromatic heterocycles. The average molecular weight is 423 g/mol. The van der Waals surface area contributed by atoms with Crippen LogP contribution in [0.2, 0.25) is 0 Å². The Bertz CT molecular complexity index is 1250. The van der Waals surface area contributed by atoms with Gasteiger partial charge in [-0.05, 0) is 43.7 Å². The fourth-order valence-electron chi connectivity index (χ4n) is 4.22. The Balaban J connectivity index is 1.66. The molecule has 0 N–H and O–H groups in total. The highest BCUT2D eigenvalue weighted by Gasteiger charge is 2.31. The molecule has 0 saturated carbocycles. The molecular weight excluding hydrogens is 400 g/mol. The number of hydrogen-bond donors (Lipinski definition) is 0. The van der Waals surface area contributed by atoms with Gasteiger partial charge in [0.05, 0.1) is 11.2 Å². The van der Waals surface area contributed by atoms with E-state index < -0.39 is 11.6 Å². The number of halogens is 2. The maximum Gasteiger partial charge on any atom is 0.252 e. The summed E-state index contributed by atoms with van der Waals surface area (Å²) in [6.07, 6.45) is 0. The van der Waals surface area contributed by atoms with E-state index in [4.69, 9.17) is 0 Å². The molecule has 0 amide bonds. The van der Waals surface area contributed by atoms with Gasteiger partial charge < -0.3 is 9.47 Å². The molecular formula is C23H23F2N5O. The number of rotatable bonds is 3. The molecule has 0 aliphatic carbocycles. The zero-order valence-corrected chi connectivity index (χ0v) is 17.6. The summed E-state index contributed by atoms with van der Waals surface area (Å²) in [6, 6.07) is 11.1. The van der Waals surface area contributed by atoms with Crippen LogP contribution >= 0.6 is 0 Å². The van der Waals surface area contributed by atoms with Gasteiger partial charge in [-0.15, -0.1) is 0 Å². The summed E-state index contributed by atoms with van der Waals surface area (Å²) < 4.78 is 28.4. The van der Waals surface area contributed by atoms with Gasteiger partial charge in [0.15, 0.2) is 11.6 Å². The molecule has 160 valence electrons. The van der Waals surface area contributed by atoms with Crippen molar-refractivity contribution in [3.8, 4) is 6.07 Å². The van der Waals surface area contributed by atoms with Crippen LogP contribution < -0.4 is 10.5 Å². The van der Waals surface area contributed by atoms with Gasteiger partial charge in [0, 0.05) is 44.8 Å². The lowest BCUT2D eigenvalue weighted by molar-refractivity contribution is 0.158. The third-order valence-electron chi connectivity index (χ3n) is 5.98. The van der Waals surface area contributed by atoms with Crippen molar-refractivity contribution in [1.29, 1.82) is 5.26 Å². The SMILES string of the molecule is C[C@@H]1CN(c2cc(=O)n(C)c3ccc(C#N)nc23)[C@@H](C)CN1Cc1ccc(F)c(F)c1. The molecule has 1 aliphatic rings. The van der Waals surface area contributed by atoms with Crippen LogP contribution in [0.5, 0.6) is 0 Å². The van der Waals surface area contributed by atoms with Gasteiger partial charge in [-0.25, -0.2) is 13.8 Å². The molecule has 3 aromatic rings. The minimum absolute atomic E-state index is 0.0457. The molecule has 8 heteroatoms. The van der Waals surface area contributed by atoms with E-state index in [0.29, 0.717) is 47.6 Å². The predicted molar refractivity (Wildman–Crippen MR) is 115 cm³/mol. The second-order valence-electron chi connectivity index (χ2n) is 8.13. The van der Waals surface area contributed by atoms with Crippen molar-refractivity contribution >= 4 is 16.7 Å². The number of hydrogen-bond acceptors (Lipinski definition) is 5. The van der Waals surface area contributed by atoms with E-state index in [-0.39, 0.29) is 17.6 Å². The lowest BCUT2D eigenvalue weighted by atomic mass is 10.0. The number of piperazine rings is 1. The highest BCUT2D eigenvalue weighted by Crippen LogP contribution is 2.29. The van der Waals surface area contributed by atoms with Crippen molar-refractivity contribution in [3.63, 3.8) is 0 Å². The third-order valence-corrected chi connectivity index (χ3v) is 5.98. The van der Waals surface area contributed by atoms with Crippen molar-refractivity contribution in [1.82, 2.24) is 14.5 Å². The zero-order chi connectivity index (χ0) is 22.3. The molecule has 0 bridgehead atoms. The van der Waals surface area contributed by atoms with E-state index in [1.807, 2.05) is 0 Å². The largest absolute Gasteiger partial charge is 0.364 e. The smallest absolute Gasteiger partial charge is 0.252 e. The van der Waals surface area contributed by atoms with E-state index >= 15 is 0 Å². The minimum atomic E-state index is -0.850. The standard InChI is InChI=1S/C23H23F2N5O/c1-14-12-30(15(2)11-29(14)13-16-4-6-18(24)19(25)8-16)21-9-22(31)28(3)20-7-5-17(10-26)27-23(20)21/h4-9,14-15H,11-13H2,1-3H3/t14-,15+/m1/s1. The topological polar surface area (TPSA) is 65.2 Å². The zero-order valence-electron chi connectivity index (χ0n) is 17.6. The second kappa shape index (κ2) is 8.08. The van der Waals surface area contributed by atoms with Crippen LogP contribution in [-0.4, -0.2) is 39.6 Å². The lowest BCUT2D eigenvalue weighted by Gasteiger charge is -2.45. The number of nitriles is 1. The number of benzene rings is 1. The molecule has 3 heterocycles.